The summed E-state index contributed by atoms with van der Waals surface area (Å²) >= 11 is 12.2. The molecule has 3 atom stereocenters. The monoisotopic (exact) mass is 327 g/mol. The zero-order chi connectivity index (χ0) is 15.2. The average Bonchev–Trinajstić information content (AvgIpc) is 2.49. The van der Waals surface area contributed by atoms with E-state index < -0.39 is 0 Å². The summed E-state index contributed by atoms with van der Waals surface area (Å²) in [4.78, 5) is 0. The molecule has 0 bridgehead atoms. The van der Waals surface area contributed by atoms with Crippen LogP contribution in [-0.4, -0.2) is 13.1 Å². The molecule has 0 radical (unpaired) electrons. The van der Waals surface area contributed by atoms with Gasteiger partial charge in [-0.3, -0.25) is 0 Å². The van der Waals surface area contributed by atoms with Gasteiger partial charge in [0.05, 0.1) is 10.0 Å². The van der Waals surface area contributed by atoms with Crippen molar-refractivity contribution in [2.24, 2.45) is 17.8 Å². The Morgan fingerprint density at radius 3 is 2.57 bits per heavy atom. The van der Waals surface area contributed by atoms with Crippen LogP contribution in [0.2, 0.25) is 10.0 Å². The Hall–Kier alpha value is -0.240. The molecule has 2 rings (SSSR count). The molecule has 1 aromatic rings. The molecule has 1 saturated carbocycles. The first-order valence-electron chi connectivity index (χ1n) is 8.28. The molecule has 0 aromatic heterocycles. The quantitative estimate of drug-likeness (QED) is 0.718. The molecule has 1 aliphatic rings. The van der Waals surface area contributed by atoms with Crippen LogP contribution in [0.1, 0.15) is 45.1 Å². The molecular weight excluding hydrogens is 301 g/mol. The third-order valence-electron chi connectivity index (χ3n) is 4.96. The van der Waals surface area contributed by atoms with Gasteiger partial charge in [-0.15, -0.1) is 0 Å². The van der Waals surface area contributed by atoms with Crippen LogP contribution in [0.5, 0.6) is 0 Å². The summed E-state index contributed by atoms with van der Waals surface area (Å²) in [6.45, 7) is 6.73. The van der Waals surface area contributed by atoms with E-state index >= 15 is 0 Å². The van der Waals surface area contributed by atoms with Crippen LogP contribution in [0.25, 0.3) is 0 Å². The lowest BCUT2D eigenvalue weighted by molar-refractivity contribution is 0.172. The lowest BCUT2D eigenvalue weighted by Crippen LogP contribution is -2.34. The minimum Gasteiger partial charge on any atom is -0.317 e. The first-order chi connectivity index (χ1) is 10.1. The minimum atomic E-state index is 0.652. The number of halogens is 2. The molecule has 0 aliphatic heterocycles. The van der Waals surface area contributed by atoms with Gasteiger partial charge in [-0.05, 0) is 67.8 Å². The highest BCUT2D eigenvalue weighted by Crippen LogP contribution is 2.37. The normalized spacial score (nSPS) is 26.0. The lowest BCUT2D eigenvalue weighted by atomic mass is 9.71. The molecule has 1 aliphatic carbocycles. The minimum absolute atomic E-state index is 0.652. The fourth-order valence-electron chi connectivity index (χ4n) is 3.61. The van der Waals surface area contributed by atoms with Crippen molar-refractivity contribution >= 4 is 23.2 Å². The highest BCUT2D eigenvalue weighted by Gasteiger charge is 2.29. The molecule has 1 aromatic carbocycles. The van der Waals surface area contributed by atoms with Gasteiger partial charge in [-0.25, -0.2) is 0 Å². The molecule has 0 saturated heterocycles. The molecule has 3 unspecified atom stereocenters. The fourth-order valence-corrected chi connectivity index (χ4v) is 3.93. The van der Waals surface area contributed by atoms with E-state index in [1.165, 1.54) is 31.2 Å². The van der Waals surface area contributed by atoms with Gasteiger partial charge >= 0.3 is 0 Å². The largest absolute Gasteiger partial charge is 0.317 e. The zero-order valence-electron chi connectivity index (χ0n) is 13.2. The van der Waals surface area contributed by atoms with Gasteiger partial charge in [0.25, 0.3) is 0 Å². The lowest BCUT2D eigenvalue weighted by Gasteiger charge is -2.36. The molecule has 21 heavy (non-hydrogen) atoms. The summed E-state index contributed by atoms with van der Waals surface area (Å²) in [5.74, 6) is 2.46. The van der Waals surface area contributed by atoms with Gasteiger partial charge < -0.3 is 5.32 Å². The van der Waals surface area contributed by atoms with Gasteiger partial charge in [0.2, 0.25) is 0 Å². The van der Waals surface area contributed by atoms with Gasteiger partial charge in [0, 0.05) is 0 Å². The third-order valence-corrected chi connectivity index (χ3v) is 5.70. The van der Waals surface area contributed by atoms with E-state index in [4.69, 9.17) is 23.2 Å². The van der Waals surface area contributed by atoms with E-state index in [2.05, 4.69) is 25.2 Å². The third kappa shape index (κ3) is 4.87. The molecule has 0 amide bonds. The maximum atomic E-state index is 6.16. The molecule has 118 valence electrons. The van der Waals surface area contributed by atoms with Crippen molar-refractivity contribution in [1.29, 1.82) is 0 Å². The van der Waals surface area contributed by atoms with Crippen LogP contribution in [0, 0.1) is 17.8 Å². The Morgan fingerprint density at radius 1 is 1.10 bits per heavy atom. The molecule has 1 fully saturated rings. The predicted molar refractivity (Wildman–Crippen MR) is 93.3 cm³/mol. The number of hydrogen-bond donors (Lipinski definition) is 1. The Bertz CT molecular complexity index is 447. The highest BCUT2D eigenvalue weighted by atomic mass is 35.5. The standard InChI is InChI=1S/C18H27Cl2N/c1-3-13-5-7-15(12-21-4-2)16(9-13)10-14-6-8-17(19)18(20)11-14/h6,8,11,13,15-16,21H,3-5,7,9-10,12H2,1-2H3. The number of hydrogen-bond acceptors (Lipinski definition) is 1. The Balaban J connectivity index is 2.05. The van der Waals surface area contributed by atoms with E-state index in [-0.39, 0.29) is 0 Å². The van der Waals surface area contributed by atoms with E-state index in [9.17, 15) is 0 Å². The summed E-state index contributed by atoms with van der Waals surface area (Å²) in [5, 5.41) is 4.87. The summed E-state index contributed by atoms with van der Waals surface area (Å²) in [6, 6.07) is 6.11. The molecule has 1 N–H and O–H groups in total. The van der Waals surface area contributed by atoms with Crippen molar-refractivity contribution in [3.05, 3.63) is 33.8 Å². The van der Waals surface area contributed by atoms with Crippen molar-refractivity contribution in [1.82, 2.24) is 5.32 Å². The number of nitrogens with one attached hydrogen (secondary N) is 1. The first kappa shape index (κ1) is 17.1. The van der Waals surface area contributed by atoms with E-state index in [0.29, 0.717) is 10.0 Å². The summed E-state index contributed by atoms with van der Waals surface area (Å²) in [6.07, 6.45) is 6.55. The van der Waals surface area contributed by atoms with Crippen molar-refractivity contribution in [2.45, 2.75) is 46.0 Å². The SMILES string of the molecule is CCNCC1CCC(CC)CC1Cc1ccc(Cl)c(Cl)c1. The summed E-state index contributed by atoms with van der Waals surface area (Å²) in [5.41, 5.74) is 1.33. The van der Waals surface area contributed by atoms with Gasteiger partial charge in [0.15, 0.2) is 0 Å². The van der Waals surface area contributed by atoms with Crippen LogP contribution >= 0.6 is 23.2 Å². The number of rotatable bonds is 6. The Morgan fingerprint density at radius 2 is 1.90 bits per heavy atom. The first-order valence-corrected chi connectivity index (χ1v) is 9.04. The molecule has 3 heteroatoms. The fraction of sp³-hybridized carbons (Fsp3) is 0.667. The van der Waals surface area contributed by atoms with Crippen molar-refractivity contribution in [3.63, 3.8) is 0 Å². The van der Waals surface area contributed by atoms with Crippen molar-refractivity contribution in [3.8, 4) is 0 Å². The summed E-state index contributed by atoms with van der Waals surface area (Å²) < 4.78 is 0. The van der Waals surface area contributed by atoms with Gasteiger partial charge in [-0.2, -0.15) is 0 Å². The zero-order valence-corrected chi connectivity index (χ0v) is 14.7. The average molecular weight is 328 g/mol. The highest BCUT2D eigenvalue weighted by molar-refractivity contribution is 6.42. The van der Waals surface area contributed by atoms with E-state index in [1.54, 1.807) is 0 Å². The van der Waals surface area contributed by atoms with Gasteiger partial charge in [0.1, 0.15) is 0 Å². The Kier molecular flexibility index (Phi) is 6.85. The predicted octanol–water partition coefficient (Wildman–Crippen LogP) is 5.59. The summed E-state index contributed by atoms with van der Waals surface area (Å²) in [7, 11) is 0. The van der Waals surface area contributed by atoms with E-state index in [1.807, 2.05) is 12.1 Å². The second kappa shape index (κ2) is 8.41. The van der Waals surface area contributed by atoms with Crippen LogP contribution < -0.4 is 5.32 Å². The second-order valence-corrected chi connectivity index (χ2v) is 7.18. The van der Waals surface area contributed by atoms with E-state index in [0.717, 1.165) is 37.3 Å². The van der Waals surface area contributed by atoms with Gasteiger partial charge in [-0.1, -0.05) is 56.0 Å². The Labute approximate surface area is 139 Å². The van der Waals surface area contributed by atoms with Crippen LogP contribution in [0.15, 0.2) is 18.2 Å². The maximum absolute atomic E-state index is 6.16. The molecule has 0 spiro atoms. The second-order valence-electron chi connectivity index (χ2n) is 6.37. The topological polar surface area (TPSA) is 12.0 Å². The van der Waals surface area contributed by atoms with Crippen LogP contribution in [-0.2, 0) is 6.42 Å². The smallest absolute Gasteiger partial charge is 0.0595 e. The van der Waals surface area contributed by atoms with Crippen LogP contribution in [0.4, 0.5) is 0 Å². The van der Waals surface area contributed by atoms with Crippen LogP contribution in [0.3, 0.4) is 0 Å². The molecular formula is C18H27Cl2N. The maximum Gasteiger partial charge on any atom is 0.0595 e. The molecule has 1 nitrogen and oxygen atoms in total. The molecule has 0 heterocycles. The van der Waals surface area contributed by atoms with Crippen molar-refractivity contribution in [2.75, 3.05) is 13.1 Å². The number of benzene rings is 1. The van der Waals surface area contributed by atoms with Crippen molar-refractivity contribution < 1.29 is 0 Å².